The van der Waals surface area contributed by atoms with Crippen LogP contribution in [0.2, 0.25) is 0 Å². The molecule has 98 valence electrons. The number of rotatable bonds is 2. The summed E-state index contributed by atoms with van der Waals surface area (Å²) < 4.78 is 0. The molecule has 0 radical (unpaired) electrons. The summed E-state index contributed by atoms with van der Waals surface area (Å²) in [5, 5.41) is 14.9. The van der Waals surface area contributed by atoms with E-state index in [-0.39, 0.29) is 17.7 Å². The Bertz CT molecular complexity index is 615. The second-order valence-corrected chi connectivity index (χ2v) is 5.17. The summed E-state index contributed by atoms with van der Waals surface area (Å²) in [7, 11) is 0. The van der Waals surface area contributed by atoms with Crippen molar-refractivity contribution in [3.63, 3.8) is 0 Å². The maximum absolute atomic E-state index is 12.2. The molecule has 0 aromatic heterocycles. The van der Waals surface area contributed by atoms with E-state index in [0.29, 0.717) is 5.56 Å². The van der Waals surface area contributed by atoms with Gasteiger partial charge in [0.1, 0.15) is 5.75 Å². The number of hydrogen-bond donors (Lipinski definition) is 2. The predicted octanol–water partition coefficient (Wildman–Crippen LogP) is 3.22. The van der Waals surface area contributed by atoms with Gasteiger partial charge in [-0.2, -0.15) is 0 Å². The highest BCUT2D eigenvalue weighted by Crippen LogP contribution is 2.26. The molecule has 1 saturated carbocycles. The Labute approximate surface area is 112 Å². The Morgan fingerprint density at radius 1 is 1.11 bits per heavy atom. The summed E-state index contributed by atoms with van der Waals surface area (Å²) in [6, 6.07) is 11.4. The first-order valence-electron chi connectivity index (χ1n) is 6.76. The van der Waals surface area contributed by atoms with E-state index in [0.717, 1.165) is 23.6 Å². The Morgan fingerprint density at radius 3 is 2.42 bits per heavy atom. The van der Waals surface area contributed by atoms with Gasteiger partial charge in [0.2, 0.25) is 0 Å². The molecule has 0 bridgehead atoms. The van der Waals surface area contributed by atoms with Crippen LogP contribution in [0, 0.1) is 0 Å². The maximum atomic E-state index is 12.2. The first kappa shape index (κ1) is 12.0. The van der Waals surface area contributed by atoms with Crippen molar-refractivity contribution in [2.75, 3.05) is 0 Å². The fraction of sp³-hybridized carbons (Fsp3) is 0.312. The van der Waals surface area contributed by atoms with Crippen molar-refractivity contribution in [1.29, 1.82) is 0 Å². The minimum absolute atomic E-state index is 0.0502. The van der Waals surface area contributed by atoms with Gasteiger partial charge in [-0.3, -0.25) is 4.79 Å². The van der Waals surface area contributed by atoms with Crippen LogP contribution < -0.4 is 5.32 Å². The van der Waals surface area contributed by atoms with Crippen molar-refractivity contribution < 1.29 is 9.90 Å². The zero-order chi connectivity index (χ0) is 13.2. The van der Waals surface area contributed by atoms with Gasteiger partial charge >= 0.3 is 0 Å². The lowest BCUT2D eigenvalue weighted by Gasteiger charge is -2.13. The topological polar surface area (TPSA) is 49.3 Å². The number of phenols is 1. The van der Waals surface area contributed by atoms with E-state index >= 15 is 0 Å². The fourth-order valence-electron chi connectivity index (χ4n) is 2.74. The molecule has 0 saturated heterocycles. The van der Waals surface area contributed by atoms with Crippen LogP contribution in [0.15, 0.2) is 36.4 Å². The van der Waals surface area contributed by atoms with Gasteiger partial charge in [-0.1, -0.05) is 37.1 Å². The predicted molar refractivity (Wildman–Crippen MR) is 75.3 cm³/mol. The molecular formula is C16H17NO2. The average Bonchev–Trinajstić information content (AvgIpc) is 2.90. The third-order valence-electron chi connectivity index (χ3n) is 3.80. The smallest absolute Gasteiger partial charge is 0.255 e. The highest BCUT2D eigenvalue weighted by Gasteiger charge is 2.19. The number of carbonyl (C=O) groups is 1. The van der Waals surface area contributed by atoms with E-state index in [1.807, 2.05) is 24.3 Å². The number of fused-ring (bicyclic) bond motifs is 1. The number of benzene rings is 2. The van der Waals surface area contributed by atoms with Gasteiger partial charge in [-0.25, -0.2) is 0 Å². The molecule has 2 aromatic rings. The Balaban J connectivity index is 1.90. The third kappa shape index (κ3) is 2.41. The van der Waals surface area contributed by atoms with Crippen molar-refractivity contribution >= 4 is 16.7 Å². The molecule has 0 atom stereocenters. The van der Waals surface area contributed by atoms with Gasteiger partial charge < -0.3 is 10.4 Å². The second kappa shape index (κ2) is 4.92. The van der Waals surface area contributed by atoms with Crippen molar-refractivity contribution in [2.45, 2.75) is 31.7 Å². The van der Waals surface area contributed by atoms with Gasteiger partial charge in [0.05, 0.1) is 5.56 Å². The minimum atomic E-state index is -0.171. The molecule has 0 aliphatic heterocycles. The summed E-state index contributed by atoms with van der Waals surface area (Å²) in [6.45, 7) is 0. The van der Waals surface area contributed by atoms with E-state index < -0.39 is 0 Å². The van der Waals surface area contributed by atoms with Crippen LogP contribution in [0.4, 0.5) is 0 Å². The quantitative estimate of drug-likeness (QED) is 0.865. The molecular weight excluding hydrogens is 238 g/mol. The average molecular weight is 255 g/mol. The van der Waals surface area contributed by atoms with Crippen LogP contribution >= 0.6 is 0 Å². The summed E-state index contributed by atoms with van der Waals surface area (Å²) >= 11 is 0. The molecule has 1 amide bonds. The number of nitrogens with one attached hydrogen (secondary N) is 1. The van der Waals surface area contributed by atoms with Crippen molar-refractivity contribution in [3.05, 3.63) is 42.0 Å². The van der Waals surface area contributed by atoms with Gasteiger partial charge in [0, 0.05) is 6.04 Å². The summed E-state index contributed by atoms with van der Waals surface area (Å²) in [5.41, 5.74) is 0.366. The van der Waals surface area contributed by atoms with Crippen LogP contribution in [-0.4, -0.2) is 17.1 Å². The van der Waals surface area contributed by atoms with Crippen molar-refractivity contribution in [2.24, 2.45) is 0 Å². The van der Waals surface area contributed by atoms with Crippen LogP contribution in [0.5, 0.6) is 5.75 Å². The summed E-state index contributed by atoms with van der Waals surface area (Å²) in [5.74, 6) is -0.121. The molecule has 1 fully saturated rings. The minimum Gasteiger partial charge on any atom is -0.507 e. The number of phenolic OH excluding ortho intramolecular Hbond substituents is 1. The molecule has 19 heavy (non-hydrogen) atoms. The highest BCUT2D eigenvalue weighted by molar-refractivity contribution is 6.01. The fourth-order valence-corrected chi connectivity index (χ4v) is 2.74. The van der Waals surface area contributed by atoms with Crippen LogP contribution in [0.1, 0.15) is 36.0 Å². The standard InChI is InChI=1S/C16H17NO2/c18-15-10-12-6-2-1-5-11(12)9-14(15)16(19)17-13-7-3-4-8-13/h1-2,5-6,9-10,13,18H,3-4,7-8H2,(H,17,19). The number of amides is 1. The summed E-state index contributed by atoms with van der Waals surface area (Å²) in [6.07, 6.45) is 4.43. The number of aromatic hydroxyl groups is 1. The molecule has 0 unspecified atom stereocenters. The zero-order valence-corrected chi connectivity index (χ0v) is 10.7. The van der Waals surface area contributed by atoms with E-state index in [4.69, 9.17) is 0 Å². The van der Waals surface area contributed by atoms with Gasteiger partial charge in [-0.05, 0) is 35.7 Å². The Hall–Kier alpha value is -2.03. The Kier molecular flexibility index (Phi) is 3.11. The molecule has 3 heteroatoms. The molecule has 2 aromatic carbocycles. The molecule has 3 nitrogen and oxygen atoms in total. The van der Waals surface area contributed by atoms with Gasteiger partial charge in [0.25, 0.3) is 5.91 Å². The van der Waals surface area contributed by atoms with Crippen LogP contribution in [-0.2, 0) is 0 Å². The first-order valence-corrected chi connectivity index (χ1v) is 6.76. The second-order valence-electron chi connectivity index (χ2n) is 5.17. The van der Waals surface area contributed by atoms with Gasteiger partial charge in [-0.15, -0.1) is 0 Å². The molecule has 2 N–H and O–H groups in total. The van der Waals surface area contributed by atoms with E-state index in [1.165, 1.54) is 12.8 Å². The van der Waals surface area contributed by atoms with Crippen molar-refractivity contribution in [1.82, 2.24) is 5.32 Å². The molecule has 0 spiro atoms. The normalized spacial score (nSPS) is 15.8. The summed E-state index contributed by atoms with van der Waals surface area (Å²) in [4.78, 5) is 12.2. The van der Waals surface area contributed by atoms with Crippen LogP contribution in [0.25, 0.3) is 10.8 Å². The number of carbonyl (C=O) groups excluding carboxylic acids is 1. The highest BCUT2D eigenvalue weighted by atomic mass is 16.3. The van der Waals surface area contributed by atoms with E-state index in [2.05, 4.69) is 5.32 Å². The van der Waals surface area contributed by atoms with Gasteiger partial charge in [0.15, 0.2) is 0 Å². The van der Waals surface area contributed by atoms with Crippen LogP contribution in [0.3, 0.4) is 0 Å². The van der Waals surface area contributed by atoms with E-state index in [9.17, 15) is 9.90 Å². The molecule has 0 heterocycles. The molecule has 1 aliphatic carbocycles. The molecule has 3 rings (SSSR count). The maximum Gasteiger partial charge on any atom is 0.255 e. The van der Waals surface area contributed by atoms with E-state index in [1.54, 1.807) is 12.1 Å². The SMILES string of the molecule is O=C(NC1CCCC1)c1cc2ccccc2cc1O. The largest absolute Gasteiger partial charge is 0.507 e. The lowest BCUT2D eigenvalue weighted by atomic mass is 10.0. The van der Waals surface area contributed by atoms with Crippen molar-refractivity contribution in [3.8, 4) is 5.75 Å². The monoisotopic (exact) mass is 255 g/mol. The number of hydrogen-bond acceptors (Lipinski definition) is 2. The Morgan fingerprint density at radius 2 is 1.74 bits per heavy atom. The molecule has 1 aliphatic rings. The first-order chi connectivity index (χ1) is 9.24. The lowest BCUT2D eigenvalue weighted by Crippen LogP contribution is -2.32. The third-order valence-corrected chi connectivity index (χ3v) is 3.80. The lowest BCUT2D eigenvalue weighted by molar-refractivity contribution is 0.0935. The zero-order valence-electron chi connectivity index (χ0n) is 10.7.